The van der Waals surface area contributed by atoms with Gasteiger partial charge in [0.25, 0.3) is 0 Å². The molecule has 0 rings (SSSR count). The Morgan fingerprint density at radius 2 is 2.12 bits per heavy atom. The first-order valence-electron chi connectivity index (χ1n) is 2.87. The Balaban J connectivity index is 3.37. The first kappa shape index (κ1) is 9.21. The van der Waals surface area contributed by atoms with E-state index in [-0.39, 0.29) is 0 Å². The Morgan fingerprint density at radius 3 is 2.25 bits per heavy atom. The van der Waals surface area contributed by atoms with E-state index in [4.69, 9.17) is 0 Å². The molecular weight excluding hydrogens is 279 g/mol. The molecule has 0 nitrogen and oxygen atoms in total. The van der Waals surface area contributed by atoms with Gasteiger partial charge in [0.2, 0.25) is 0 Å². The van der Waals surface area contributed by atoms with Crippen LogP contribution in [0.15, 0.2) is 0 Å². The van der Waals surface area contributed by atoms with Crippen molar-refractivity contribution in [3.05, 3.63) is 0 Å². The van der Waals surface area contributed by atoms with Crippen LogP contribution in [-0.4, -0.2) is 8.75 Å². The van der Waals surface area contributed by atoms with Gasteiger partial charge >= 0.3 is 0 Å². The highest BCUT2D eigenvalue weighted by Crippen LogP contribution is 2.25. The molecule has 0 amide bonds. The highest BCUT2D eigenvalue weighted by atomic mass is 127. The largest absolute Gasteiger partial charge is 0.0863 e. The molecule has 0 aliphatic carbocycles. The number of hydrogen-bond acceptors (Lipinski definition) is 0. The van der Waals surface area contributed by atoms with E-state index in [2.05, 4.69) is 52.4 Å². The third-order valence-electron chi connectivity index (χ3n) is 1.35. The van der Waals surface area contributed by atoms with E-state index in [0.29, 0.717) is 4.32 Å². The summed E-state index contributed by atoms with van der Waals surface area (Å²) in [5.41, 5.74) is 0. The zero-order valence-electron chi connectivity index (χ0n) is 5.38. The summed E-state index contributed by atoms with van der Waals surface area (Å²) in [7, 11) is 0. The summed E-state index contributed by atoms with van der Waals surface area (Å²) in [4.78, 5) is 0. The van der Waals surface area contributed by atoms with Crippen LogP contribution in [0, 0.1) is 0 Å². The van der Waals surface area contributed by atoms with Crippen LogP contribution in [0.3, 0.4) is 0 Å². The lowest BCUT2D eigenvalue weighted by Crippen LogP contribution is -2.13. The fourth-order valence-electron chi connectivity index (χ4n) is 0.374. The molecule has 1 unspecified atom stereocenters. The first-order valence-corrected chi connectivity index (χ1v) is 5.19. The molecule has 0 aliphatic heterocycles. The van der Waals surface area contributed by atoms with Crippen molar-refractivity contribution in [3.8, 4) is 0 Å². The van der Waals surface area contributed by atoms with Crippen LogP contribution in [0.1, 0.15) is 26.7 Å². The van der Waals surface area contributed by atoms with Crippen LogP contribution in [0.2, 0.25) is 0 Å². The lowest BCUT2D eigenvalue weighted by atomic mass is 10.1. The number of alkyl halides is 2. The summed E-state index contributed by atoms with van der Waals surface area (Å²) < 4.78 is 1.64. The molecule has 0 fully saturated rings. The molecule has 0 heterocycles. The van der Waals surface area contributed by atoms with Gasteiger partial charge < -0.3 is 0 Å². The minimum atomic E-state index is 0.397. The average Bonchev–Trinajstić information content (AvgIpc) is 1.67. The zero-order chi connectivity index (χ0) is 6.62. The smallest absolute Gasteiger partial charge is 0.0234 e. The van der Waals surface area contributed by atoms with Crippen LogP contribution in [0.25, 0.3) is 0 Å². The normalized spacial score (nSPS) is 18.0. The summed E-state index contributed by atoms with van der Waals surface area (Å²) in [6.45, 7) is 4.45. The van der Waals surface area contributed by atoms with Crippen molar-refractivity contribution in [3.63, 3.8) is 0 Å². The van der Waals surface area contributed by atoms with Crippen molar-refractivity contribution < 1.29 is 0 Å². The SMILES string of the molecule is CCC(C)(Br)CCI. The lowest BCUT2D eigenvalue weighted by Gasteiger charge is -2.17. The van der Waals surface area contributed by atoms with Gasteiger partial charge in [0.15, 0.2) is 0 Å². The predicted molar refractivity (Wildman–Crippen MR) is 51.1 cm³/mol. The first-order chi connectivity index (χ1) is 3.62. The average molecular weight is 291 g/mol. The topological polar surface area (TPSA) is 0 Å². The van der Waals surface area contributed by atoms with Crippen molar-refractivity contribution in [1.29, 1.82) is 0 Å². The van der Waals surface area contributed by atoms with Crippen LogP contribution in [0.4, 0.5) is 0 Å². The Hall–Kier alpha value is 1.21. The molecule has 0 saturated carbocycles. The minimum absolute atomic E-state index is 0.397. The van der Waals surface area contributed by atoms with Gasteiger partial charge in [-0.05, 0) is 19.8 Å². The van der Waals surface area contributed by atoms with Crippen LogP contribution in [-0.2, 0) is 0 Å². The number of rotatable bonds is 3. The molecule has 8 heavy (non-hydrogen) atoms. The Labute approximate surface area is 73.7 Å². The maximum Gasteiger partial charge on any atom is 0.0234 e. The van der Waals surface area contributed by atoms with Gasteiger partial charge in [-0.3, -0.25) is 0 Å². The minimum Gasteiger partial charge on any atom is -0.0863 e. The molecular formula is C6H12BrI. The van der Waals surface area contributed by atoms with Gasteiger partial charge in [-0.25, -0.2) is 0 Å². The number of halogens is 2. The van der Waals surface area contributed by atoms with E-state index in [0.717, 1.165) is 0 Å². The Kier molecular flexibility index (Phi) is 4.71. The van der Waals surface area contributed by atoms with E-state index in [1.807, 2.05) is 0 Å². The molecule has 1 atom stereocenters. The summed E-state index contributed by atoms with van der Waals surface area (Å²) in [6.07, 6.45) is 2.49. The van der Waals surface area contributed by atoms with Crippen molar-refractivity contribution >= 4 is 38.5 Å². The molecule has 0 saturated heterocycles. The second-order valence-electron chi connectivity index (χ2n) is 2.21. The maximum absolute atomic E-state index is 3.64. The van der Waals surface area contributed by atoms with Gasteiger partial charge in [-0.2, -0.15) is 0 Å². The van der Waals surface area contributed by atoms with E-state index in [1.165, 1.54) is 17.3 Å². The quantitative estimate of drug-likeness (QED) is 0.552. The van der Waals surface area contributed by atoms with Gasteiger partial charge in [0.05, 0.1) is 0 Å². The second-order valence-corrected chi connectivity index (χ2v) is 5.20. The third kappa shape index (κ3) is 4.13. The Bertz CT molecular complexity index is 61.5. The maximum atomic E-state index is 3.64. The van der Waals surface area contributed by atoms with Crippen LogP contribution >= 0.6 is 38.5 Å². The highest BCUT2D eigenvalue weighted by Gasteiger charge is 2.14. The molecule has 2 heteroatoms. The molecule has 0 bridgehead atoms. The van der Waals surface area contributed by atoms with Crippen molar-refractivity contribution in [2.45, 2.75) is 31.0 Å². The van der Waals surface area contributed by atoms with E-state index in [1.54, 1.807) is 0 Å². The van der Waals surface area contributed by atoms with E-state index < -0.39 is 0 Å². The van der Waals surface area contributed by atoms with Crippen molar-refractivity contribution in [2.24, 2.45) is 0 Å². The molecule has 0 spiro atoms. The monoisotopic (exact) mass is 290 g/mol. The standard InChI is InChI=1S/C6H12BrI/c1-3-6(2,7)4-5-8/h3-5H2,1-2H3. The molecule has 0 aromatic heterocycles. The Morgan fingerprint density at radius 1 is 1.62 bits per heavy atom. The molecule has 0 radical (unpaired) electrons. The fourth-order valence-corrected chi connectivity index (χ4v) is 2.50. The van der Waals surface area contributed by atoms with Crippen LogP contribution in [0.5, 0.6) is 0 Å². The van der Waals surface area contributed by atoms with Gasteiger partial charge in [0.1, 0.15) is 0 Å². The summed E-state index contributed by atoms with van der Waals surface area (Å²) in [5.74, 6) is 0. The van der Waals surface area contributed by atoms with Gasteiger partial charge in [-0.1, -0.05) is 45.4 Å². The van der Waals surface area contributed by atoms with Gasteiger partial charge in [-0.15, -0.1) is 0 Å². The molecule has 0 aliphatic rings. The lowest BCUT2D eigenvalue weighted by molar-refractivity contribution is 0.623. The van der Waals surface area contributed by atoms with Gasteiger partial charge in [0, 0.05) is 8.75 Å². The summed E-state index contributed by atoms with van der Waals surface area (Å²) >= 11 is 6.04. The number of hydrogen-bond donors (Lipinski definition) is 0. The zero-order valence-corrected chi connectivity index (χ0v) is 9.12. The molecule has 0 aromatic carbocycles. The van der Waals surface area contributed by atoms with Crippen LogP contribution < -0.4 is 0 Å². The summed E-state index contributed by atoms with van der Waals surface area (Å²) in [6, 6.07) is 0. The second kappa shape index (κ2) is 4.09. The molecule has 0 N–H and O–H groups in total. The molecule has 0 aromatic rings. The predicted octanol–water partition coefficient (Wildman–Crippen LogP) is 3.38. The van der Waals surface area contributed by atoms with E-state index in [9.17, 15) is 0 Å². The van der Waals surface area contributed by atoms with Crippen molar-refractivity contribution in [2.75, 3.05) is 4.43 Å². The highest BCUT2D eigenvalue weighted by molar-refractivity contribution is 14.1. The fraction of sp³-hybridized carbons (Fsp3) is 1.00. The third-order valence-corrected chi connectivity index (χ3v) is 2.85. The summed E-state index contributed by atoms with van der Waals surface area (Å²) in [5, 5.41) is 0. The van der Waals surface area contributed by atoms with E-state index >= 15 is 0 Å². The molecule has 50 valence electrons. The van der Waals surface area contributed by atoms with Crippen molar-refractivity contribution in [1.82, 2.24) is 0 Å².